The lowest BCUT2D eigenvalue weighted by Gasteiger charge is -2.46. The molecule has 2 unspecified atom stereocenters. The van der Waals surface area contributed by atoms with E-state index in [1.807, 2.05) is 0 Å². The maximum absolute atomic E-state index is 2.48. The molecule has 1 aliphatic rings. The van der Waals surface area contributed by atoms with E-state index in [-0.39, 0.29) is 8.37 Å². The summed E-state index contributed by atoms with van der Waals surface area (Å²) in [5.74, 6) is 0. The van der Waals surface area contributed by atoms with Crippen molar-refractivity contribution >= 4 is 8.37 Å². The molecule has 1 aliphatic heterocycles. The molecule has 2 atom stereocenters. The molecule has 0 bridgehead atoms. The summed E-state index contributed by atoms with van der Waals surface area (Å²) in [4.78, 5) is 0. The lowest BCUT2D eigenvalue weighted by atomic mass is 10.2. The van der Waals surface area contributed by atoms with Crippen LogP contribution in [-0.4, -0.2) is 54.8 Å². The maximum Gasteiger partial charge on any atom is 0.119 e. The average Bonchev–Trinajstić information content (AvgIpc) is 1.97. The summed E-state index contributed by atoms with van der Waals surface area (Å²) in [6.07, 6.45) is 1.29. The smallest absolute Gasteiger partial charge is 0.119 e. The van der Waals surface area contributed by atoms with Gasteiger partial charge in [-0.2, -0.15) is 0 Å². The topological polar surface area (TPSA) is 9.72 Å². The van der Waals surface area contributed by atoms with Crippen LogP contribution in [0.1, 0.15) is 13.3 Å². The van der Waals surface area contributed by atoms with Crippen molar-refractivity contribution in [2.45, 2.75) is 19.4 Å². The number of nitrogens with zero attached hydrogens (tertiary/aromatic N) is 3. The van der Waals surface area contributed by atoms with Gasteiger partial charge in [-0.3, -0.25) is 14.0 Å². The third kappa shape index (κ3) is 1.97. The summed E-state index contributed by atoms with van der Waals surface area (Å²) in [6.45, 7) is 3.54. The van der Waals surface area contributed by atoms with Crippen molar-refractivity contribution in [2.75, 3.05) is 34.7 Å². The van der Waals surface area contributed by atoms with E-state index in [2.05, 4.69) is 49.1 Å². The fourth-order valence-corrected chi connectivity index (χ4v) is 4.07. The zero-order valence-corrected chi connectivity index (χ0v) is 9.67. The van der Waals surface area contributed by atoms with Crippen LogP contribution in [0.5, 0.6) is 0 Å². The van der Waals surface area contributed by atoms with E-state index in [0.717, 1.165) is 6.04 Å². The first kappa shape index (κ1) is 10.4. The molecule has 1 rings (SSSR count). The zero-order valence-electron chi connectivity index (χ0n) is 8.78. The van der Waals surface area contributed by atoms with Gasteiger partial charge in [0.05, 0.1) is 0 Å². The highest BCUT2D eigenvalue weighted by Crippen LogP contribution is 2.48. The van der Waals surface area contributed by atoms with Gasteiger partial charge in [0.25, 0.3) is 0 Å². The van der Waals surface area contributed by atoms with Crippen LogP contribution in [0.25, 0.3) is 0 Å². The van der Waals surface area contributed by atoms with E-state index in [0.29, 0.717) is 0 Å². The molecule has 1 fully saturated rings. The molecule has 0 aromatic heterocycles. The van der Waals surface area contributed by atoms with Crippen molar-refractivity contribution in [2.24, 2.45) is 0 Å². The minimum Gasteiger partial charge on any atom is -0.263 e. The minimum absolute atomic E-state index is 0.193. The number of rotatable bonds is 1. The molecule has 0 N–H and O–H groups in total. The van der Waals surface area contributed by atoms with Crippen LogP contribution in [0, 0.1) is 0 Å². The Morgan fingerprint density at radius 1 is 1.33 bits per heavy atom. The highest BCUT2D eigenvalue weighted by atomic mass is 31.2. The van der Waals surface area contributed by atoms with Crippen LogP contribution in [0.2, 0.25) is 0 Å². The van der Waals surface area contributed by atoms with Crippen molar-refractivity contribution in [3.63, 3.8) is 0 Å². The Bertz CT molecular complexity index is 151. The monoisotopic (exact) mass is 189 g/mol. The van der Waals surface area contributed by atoms with Crippen LogP contribution in [0.3, 0.4) is 0 Å². The third-order valence-corrected chi connectivity index (χ3v) is 4.94. The molecule has 0 aliphatic carbocycles. The van der Waals surface area contributed by atoms with Crippen molar-refractivity contribution in [1.29, 1.82) is 0 Å². The molecule has 3 nitrogen and oxygen atoms in total. The molecule has 1 heterocycles. The molecular formula is C8H20N3P. The Labute approximate surface area is 77.2 Å². The van der Waals surface area contributed by atoms with Gasteiger partial charge >= 0.3 is 0 Å². The van der Waals surface area contributed by atoms with E-state index < -0.39 is 0 Å². The van der Waals surface area contributed by atoms with Gasteiger partial charge in [-0.25, -0.2) is 0 Å². The van der Waals surface area contributed by atoms with E-state index >= 15 is 0 Å². The van der Waals surface area contributed by atoms with E-state index in [1.165, 1.54) is 13.0 Å². The summed E-state index contributed by atoms with van der Waals surface area (Å²) in [6, 6.07) is 0.731. The molecule has 0 aromatic carbocycles. The van der Waals surface area contributed by atoms with Gasteiger partial charge in [-0.1, -0.05) is 0 Å². The van der Waals surface area contributed by atoms with Gasteiger partial charge in [-0.05, 0) is 41.5 Å². The fourth-order valence-electron chi connectivity index (χ4n) is 1.65. The predicted molar refractivity (Wildman–Crippen MR) is 55.1 cm³/mol. The summed E-state index contributed by atoms with van der Waals surface area (Å²) < 4.78 is 7.26. The van der Waals surface area contributed by atoms with Gasteiger partial charge < -0.3 is 0 Å². The Hall–Kier alpha value is 0.310. The van der Waals surface area contributed by atoms with Crippen molar-refractivity contribution in [3.8, 4) is 0 Å². The van der Waals surface area contributed by atoms with Gasteiger partial charge in [-0.15, -0.1) is 0 Å². The molecule has 0 saturated carbocycles. The molecule has 4 heteroatoms. The quantitative estimate of drug-likeness (QED) is 0.578. The zero-order chi connectivity index (χ0) is 9.30. The summed E-state index contributed by atoms with van der Waals surface area (Å²) in [5.41, 5.74) is 0. The standard InChI is InChI=1S/C8H20N3P/c1-8-6-7-10(4)12(9(2)3)11(8)5/h8H,6-7H2,1-5H3. The summed E-state index contributed by atoms with van der Waals surface area (Å²) in [5, 5.41) is 0. The molecule has 12 heavy (non-hydrogen) atoms. The Balaban J connectivity index is 2.65. The molecular weight excluding hydrogens is 169 g/mol. The van der Waals surface area contributed by atoms with Crippen molar-refractivity contribution in [3.05, 3.63) is 0 Å². The number of hydrogen-bond donors (Lipinski definition) is 0. The first-order valence-corrected chi connectivity index (χ1v) is 5.65. The van der Waals surface area contributed by atoms with Crippen LogP contribution in [-0.2, 0) is 0 Å². The SMILES string of the molecule is CC1CCN(C)P(N(C)C)N1C. The molecule has 72 valence electrons. The van der Waals surface area contributed by atoms with Crippen molar-refractivity contribution in [1.82, 2.24) is 14.0 Å². The highest BCUT2D eigenvalue weighted by molar-refractivity contribution is 7.50. The number of hydrogen-bond acceptors (Lipinski definition) is 3. The molecule has 0 aromatic rings. The highest BCUT2D eigenvalue weighted by Gasteiger charge is 2.30. The average molecular weight is 189 g/mol. The van der Waals surface area contributed by atoms with Crippen LogP contribution in [0.15, 0.2) is 0 Å². The van der Waals surface area contributed by atoms with E-state index in [1.54, 1.807) is 0 Å². The van der Waals surface area contributed by atoms with Gasteiger partial charge in [0.1, 0.15) is 8.37 Å². The van der Waals surface area contributed by atoms with E-state index in [4.69, 9.17) is 0 Å². The Morgan fingerprint density at radius 2 is 1.92 bits per heavy atom. The predicted octanol–water partition coefficient (Wildman–Crippen LogP) is 1.43. The van der Waals surface area contributed by atoms with Gasteiger partial charge in [0, 0.05) is 12.6 Å². The minimum atomic E-state index is -0.193. The largest absolute Gasteiger partial charge is 0.263 e. The van der Waals surface area contributed by atoms with Crippen molar-refractivity contribution < 1.29 is 0 Å². The lowest BCUT2D eigenvalue weighted by Crippen LogP contribution is -2.42. The van der Waals surface area contributed by atoms with Gasteiger partial charge in [0.15, 0.2) is 0 Å². The fraction of sp³-hybridized carbons (Fsp3) is 1.00. The Morgan fingerprint density at radius 3 is 2.33 bits per heavy atom. The third-order valence-electron chi connectivity index (χ3n) is 2.45. The summed E-state index contributed by atoms with van der Waals surface area (Å²) in [7, 11) is 8.58. The van der Waals surface area contributed by atoms with E-state index in [9.17, 15) is 0 Å². The normalized spacial score (nSPS) is 34.5. The lowest BCUT2D eigenvalue weighted by molar-refractivity contribution is 0.284. The second kappa shape index (κ2) is 4.01. The molecule has 1 saturated heterocycles. The second-order valence-electron chi connectivity index (χ2n) is 3.71. The first-order valence-electron chi connectivity index (χ1n) is 4.45. The van der Waals surface area contributed by atoms with Crippen LogP contribution >= 0.6 is 8.37 Å². The molecule has 0 amide bonds. The first-order chi connectivity index (χ1) is 5.54. The van der Waals surface area contributed by atoms with Gasteiger partial charge in [0.2, 0.25) is 0 Å². The Kier molecular flexibility index (Phi) is 3.47. The maximum atomic E-state index is 2.48. The van der Waals surface area contributed by atoms with Crippen LogP contribution < -0.4 is 0 Å². The van der Waals surface area contributed by atoms with Crippen LogP contribution in [0.4, 0.5) is 0 Å². The molecule has 0 radical (unpaired) electrons. The summed E-state index contributed by atoms with van der Waals surface area (Å²) >= 11 is 0. The second-order valence-corrected chi connectivity index (χ2v) is 6.36. The molecule has 0 spiro atoms.